The summed E-state index contributed by atoms with van der Waals surface area (Å²) in [6.07, 6.45) is -6.91. The number of amides is 3. The maximum atomic E-state index is 12.6. The molecule has 0 radical (unpaired) electrons. The number of nitro groups is 1. The molecule has 324 valence electrons. The molecule has 0 saturated carbocycles. The van der Waals surface area contributed by atoms with Gasteiger partial charge in [-0.25, -0.2) is 0 Å². The van der Waals surface area contributed by atoms with Gasteiger partial charge in [-0.3, -0.25) is 69.9 Å². The normalized spacial score (nSPS) is 18.5. The van der Waals surface area contributed by atoms with Crippen LogP contribution >= 0.6 is 50.2 Å². The molecule has 0 fully saturated rings. The van der Waals surface area contributed by atoms with Gasteiger partial charge in [-0.15, -0.1) is 0 Å². The van der Waals surface area contributed by atoms with Gasteiger partial charge in [0, 0.05) is 82.3 Å². The average Bonchev–Trinajstić information content (AvgIpc) is 2.97. The second-order valence-electron chi connectivity index (χ2n) is 10.6. The molecule has 0 aromatic carbocycles. The molecule has 6 unspecified atom stereocenters. The van der Waals surface area contributed by atoms with E-state index in [1.165, 1.54) is 0 Å². The zero-order valence-corrected chi connectivity index (χ0v) is 33.7. The third-order valence-electron chi connectivity index (χ3n) is 6.56. The van der Waals surface area contributed by atoms with Crippen LogP contribution in [0.25, 0.3) is 0 Å². The minimum absolute atomic E-state index is 0.639. The smallest absolute Gasteiger partial charge is 0.331 e. The minimum atomic E-state index is -3.94. The molecule has 36 heteroatoms. The largest absolute Gasteiger partial charge is 0.356 e. The van der Waals surface area contributed by atoms with Crippen molar-refractivity contribution >= 4 is 67.9 Å². The maximum Gasteiger partial charge on any atom is 0.331 e. The fraction of sp³-hybridized carbons (Fsp3) is 0.842. The van der Waals surface area contributed by atoms with Gasteiger partial charge in [0.25, 0.3) is 17.9 Å². The van der Waals surface area contributed by atoms with E-state index < -0.39 is 174 Å². The lowest BCUT2D eigenvalue weighted by atomic mass is 9.84. The van der Waals surface area contributed by atoms with Crippen molar-refractivity contribution in [3.05, 3.63) is 10.1 Å². The van der Waals surface area contributed by atoms with Crippen molar-refractivity contribution in [1.82, 2.24) is 16.0 Å². The van der Waals surface area contributed by atoms with Gasteiger partial charge in [0.2, 0.25) is 23.3 Å². The van der Waals surface area contributed by atoms with Crippen molar-refractivity contribution < 1.29 is 119 Å². The molecule has 0 heterocycles. The van der Waals surface area contributed by atoms with Crippen LogP contribution in [-0.4, -0.2) is 120 Å². The van der Waals surface area contributed by atoms with Crippen LogP contribution in [-0.2, 0) is 59.8 Å². The average molecular weight is 928 g/mol. The summed E-state index contributed by atoms with van der Waals surface area (Å²) in [6, 6.07) is 0. The Kier molecular flexibility index (Phi) is 25.6. The highest BCUT2D eigenvalue weighted by Crippen LogP contribution is 2.40. The molecular weight excluding hydrogens is 886 g/mol. The second kappa shape index (κ2) is 26.1. The van der Waals surface area contributed by atoms with Gasteiger partial charge in [0.15, 0.2) is 0 Å². The lowest BCUT2D eigenvalue weighted by Crippen LogP contribution is -2.43. The van der Waals surface area contributed by atoms with Gasteiger partial charge in [0.1, 0.15) is 0 Å². The Balaban J connectivity index is 5.84. The zero-order chi connectivity index (χ0) is 42.6. The first kappa shape index (κ1) is 53.9. The van der Waals surface area contributed by atoms with E-state index in [1.54, 1.807) is 0 Å². The van der Waals surface area contributed by atoms with E-state index in [-0.39, 0.29) is 0 Å². The Morgan fingerprint density at radius 3 is 1.04 bits per heavy atom. The predicted octanol–water partition coefficient (Wildman–Crippen LogP) is -3.15. The van der Waals surface area contributed by atoms with Crippen LogP contribution in [0, 0.1) is 10.1 Å². The molecule has 0 aliphatic heterocycles. The van der Waals surface area contributed by atoms with E-state index in [4.69, 9.17) is 39.1 Å². The van der Waals surface area contributed by atoms with Gasteiger partial charge in [-0.05, 0) is 0 Å². The summed E-state index contributed by atoms with van der Waals surface area (Å²) < 4.78 is 69.2. The van der Waals surface area contributed by atoms with Crippen molar-refractivity contribution in [2.24, 2.45) is 0 Å². The van der Waals surface area contributed by atoms with E-state index in [9.17, 15) is 58.1 Å². The quantitative estimate of drug-likeness (QED) is 0.0141. The standard InChI is InChI=1S/C19H42N4O26P6/c24-13(20-10-7-17(27,44-50(32)33)45-51(34)35)1-4-16(23(30)31,5-2-14(25)21-11-8-18(28,46-52(36)37)47-53(38)39)6-3-15(26)22-12-9-19(29,48-54(40)41)49-55(42)43/h27-29,32-33,36-37,51,53-55H,1-12H2,(H,20,24)(H,21,25)(H,22,26)(H,34,35)(H,38,39)(H,40,41)(H,42,43). The Labute approximate surface area is 314 Å². The van der Waals surface area contributed by atoms with E-state index in [2.05, 4.69) is 43.1 Å². The Morgan fingerprint density at radius 1 is 0.545 bits per heavy atom. The first-order valence-electron chi connectivity index (χ1n) is 14.8. The van der Waals surface area contributed by atoms with Gasteiger partial charge >= 0.3 is 50.2 Å². The number of nitrogens with one attached hydrogen (secondary N) is 3. The van der Waals surface area contributed by atoms with Crippen LogP contribution < -0.4 is 16.0 Å². The fourth-order valence-electron chi connectivity index (χ4n) is 4.19. The third kappa shape index (κ3) is 25.1. The van der Waals surface area contributed by atoms with Crippen molar-refractivity contribution in [3.63, 3.8) is 0 Å². The number of carbonyl (C=O) groups excluding carboxylic acids is 3. The summed E-state index contributed by atoms with van der Waals surface area (Å²) in [5.41, 5.74) is -2.27. The van der Waals surface area contributed by atoms with E-state index >= 15 is 0 Å². The molecule has 3 amide bonds. The van der Waals surface area contributed by atoms with Gasteiger partial charge in [0.05, 0.1) is 0 Å². The van der Waals surface area contributed by atoms with Crippen LogP contribution in [0.1, 0.15) is 57.8 Å². The number of hydrogen-bond donors (Lipinski definition) is 14. The monoisotopic (exact) mass is 928 g/mol. The number of rotatable bonds is 31. The van der Waals surface area contributed by atoms with E-state index in [0.717, 1.165) is 0 Å². The van der Waals surface area contributed by atoms with E-state index in [0.29, 0.717) is 0 Å². The van der Waals surface area contributed by atoms with Crippen molar-refractivity contribution in [2.45, 2.75) is 81.2 Å². The molecule has 0 spiro atoms. The predicted molar refractivity (Wildman–Crippen MR) is 179 cm³/mol. The highest BCUT2D eigenvalue weighted by molar-refractivity contribution is 7.39. The molecule has 30 nitrogen and oxygen atoms in total. The first-order chi connectivity index (χ1) is 25.2. The highest BCUT2D eigenvalue weighted by Gasteiger charge is 2.44. The van der Waals surface area contributed by atoms with Crippen molar-refractivity contribution in [1.29, 1.82) is 0 Å². The van der Waals surface area contributed by atoms with E-state index in [1.807, 2.05) is 0 Å². The summed E-state index contributed by atoms with van der Waals surface area (Å²) >= 11 is 0. The van der Waals surface area contributed by atoms with Gasteiger partial charge in [-0.1, -0.05) is 0 Å². The summed E-state index contributed by atoms with van der Waals surface area (Å²) in [5, 5.41) is 49.0. The molecule has 0 rings (SSSR count). The topological polar surface area (TPSA) is 477 Å². The molecule has 0 aromatic heterocycles. The van der Waals surface area contributed by atoms with Gasteiger partial charge in [-0.2, -0.15) is 0 Å². The fourth-order valence-corrected chi connectivity index (χ4v) is 6.84. The van der Waals surface area contributed by atoms with Crippen molar-refractivity contribution in [3.8, 4) is 0 Å². The van der Waals surface area contributed by atoms with Crippen LogP contribution in [0.15, 0.2) is 0 Å². The summed E-state index contributed by atoms with van der Waals surface area (Å²) in [7, 11) is -22.4. The SMILES string of the molecule is O=C(CCC(CCC(=O)NCCC(O)(OP(O)O)O[PH](=O)O)(CCC(=O)NCCC(O)(O[PH](=O)O)O[PH](=O)O)[N+](=O)[O-])NCCC(O)(OP(O)O)O[PH](=O)O. The molecule has 0 aliphatic rings. The molecular formula is C19H42N4O26P6. The molecule has 0 saturated heterocycles. The Morgan fingerprint density at radius 2 is 0.800 bits per heavy atom. The molecule has 0 bridgehead atoms. The lowest BCUT2D eigenvalue weighted by Gasteiger charge is -2.27. The Hall–Kier alpha value is -1.09. The molecule has 6 atom stereocenters. The number of nitrogens with zero attached hydrogens (tertiary/aromatic N) is 1. The molecule has 14 N–H and O–H groups in total. The Bertz CT molecular complexity index is 1290. The number of hydrogen-bond acceptors (Lipinski definition) is 22. The molecule has 0 aromatic rings. The number of carbonyl (C=O) groups is 3. The second-order valence-corrected chi connectivity index (χ2v) is 14.9. The highest BCUT2D eigenvalue weighted by atomic mass is 31.2. The summed E-state index contributed by atoms with van der Waals surface area (Å²) in [6.45, 7) is -1.94. The first-order valence-corrected chi connectivity index (χ1v) is 22.2. The third-order valence-corrected chi connectivity index (χ3v) is 9.44. The van der Waals surface area contributed by atoms with Crippen LogP contribution in [0.4, 0.5) is 0 Å². The van der Waals surface area contributed by atoms with Crippen LogP contribution in [0.2, 0.25) is 0 Å². The number of aliphatic hydroxyl groups is 3. The van der Waals surface area contributed by atoms with Crippen molar-refractivity contribution in [2.75, 3.05) is 19.6 Å². The lowest BCUT2D eigenvalue weighted by molar-refractivity contribution is -0.573. The van der Waals surface area contributed by atoms with Crippen LogP contribution in [0.3, 0.4) is 0 Å². The maximum absolute atomic E-state index is 12.6. The van der Waals surface area contributed by atoms with Crippen LogP contribution in [0.5, 0.6) is 0 Å². The molecule has 55 heavy (non-hydrogen) atoms. The van der Waals surface area contributed by atoms with Gasteiger partial charge < -0.3 is 70.4 Å². The zero-order valence-electron chi connectivity index (χ0n) is 27.9. The molecule has 0 aliphatic carbocycles. The summed E-state index contributed by atoms with van der Waals surface area (Å²) in [5.74, 6) is -12.1. The summed E-state index contributed by atoms with van der Waals surface area (Å²) in [4.78, 5) is 121. The minimum Gasteiger partial charge on any atom is -0.356 e.